The van der Waals surface area contributed by atoms with Crippen LogP contribution in [-0.4, -0.2) is 24.7 Å². The predicted molar refractivity (Wildman–Crippen MR) is 81.0 cm³/mol. The van der Waals surface area contributed by atoms with E-state index < -0.39 is 0 Å². The molecule has 2 unspecified atom stereocenters. The van der Waals surface area contributed by atoms with Crippen molar-refractivity contribution < 1.29 is 0 Å². The van der Waals surface area contributed by atoms with Crippen molar-refractivity contribution in [2.75, 3.05) is 13.1 Å². The smallest absolute Gasteiger partial charge is 0.0195 e. The van der Waals surface area contributed by atoms with Crippen LogP contribution in [0.4, 0.5) is 0 Å². The fourth-order valence-electron chi connectivity index (χ4n) is 3.41. The first-order chi connectivity index (χ1) is 8.22. The van der Waals surface area contributed by atoms with Crippen LogP contribution in [0.2, 0.25) is 0 Å². The monoisotopic (exact) mass is 254 g/mol. The maximum Gasteiger partial charge on any atom is 0.0195 e. The van der Waals surface area contributed by atoms with Gasteiger partial charge in [0.1, 0.15) is 0 Å². The lowest BCUT2D eigenvalue weighted by Gasteiger charge is -2.37. The van der Waals surface area contributed by atoms with E-state index in [-0.39, 0.29) is 5.54 Å². The first-order valence-electron chi connectivity index (χ1n) is 7.70. The highest BCUT2D eigenvalue weighted by Crippen LogP contribution is 2.27. The van der Waals surface area contributed by atoms with Gasteiger partial charge in [0.2, 0.25) is 0 Å². The summed E-state index contributed by atoms with van der Waals surface area (Å²) >= 11 is 0. The summed E-state index contributed by atoms with van der Waals surface area (Å²) in [4.78, 5) is 0. The molecule has 0 bridgehead atoms. The van der Waals surface area contributed by atoms with Crippen molar-refractivity contribution in [3.63, 3.8) is 0 Å². The van der Waals surface area contributed by atoms with E-state index in [1.165, 1.54) is 32.2 Å². The molecule has 18 heavy (non-hydrogen) atoms. The number of hydrogen-bond donors (Lipinski definition) is 2. The molecule has 1 rings (SSSR count). The second kappa shape index (κ2) is 6.38. The molecule has 1 fully saturated rings. The van der Waals surface area contributed by atoms with Gasteiger partial charge < -0.3 is 10.6 Å². The second-order valence-corrected chi connectivity index (χ2v) is 7.95. The Morgan fingerprint density at radius 3 is 2.39 bits per heavy atom. The van der Waals surface area contributed by atoms with E-state index in [1.54, 1.807) is 0 Å². The Morgan fingerprint density at radius 1 is 1.17 bits per heavy atom. The van der Waals surface area contributed by atoms with Crippen molar-refractivity contribution >= 4 is 0 Å². The van der Waals surface area contributed by atoms with Crippen molar-refractivity contribution in [2.24, 2.45) is 11.3 Å². The third-order valence-electron chi connectivity index (χ3n) is 3.98. The van der Waals surface area contributed by atoms with Gasteiger partial charge in [-0.3, -0.25) is 0 Å². The molecule has 0 spiro atoms. The summed E-state index contributed by atoms with van der Waals surface area (Å²) in [5.74, 6) is 0.934. The van der Waals surface area contributed by atoms with Crippen molar-refractivity contribution in [1.82, 2.24) is 10.6 Å². The summed E-state index contributed by atoms with van der Waals surface area (Å²) in [5, 5.41) is 7.42. The highest BCUT2D eigenvalue weighted by Gasteiger charge is 2.27. The molecule has 2 heteroatoms. The van der Waals surface area contributed by atoms with Crippen LogP contribution in [0.1, 0.15) is 67.2 Å². The van der Waals surface area contributed by atoms with Crippen molar-refractivity contribution in [3.8, 4) is 0 Å². The first-order valence-corrected chi connectivity index (χ1v) is 7.70. The molecule has 1 aliphatic heterocycles. The maximum absolute atomic E-state index is 3.77. The van der Waals surface area contributed by atoms with Gasteiger partial charge in [0.15, 0.2) is 0 Å². The molecule has 1 saturated heterocycles. The molecule has 0 amide bonds. The van der Waals surface area contributed by atoms with E-state index in [1.807, 2.05) is 0 Å². The van der Waals surface area contributed by atoms with Crippen LogP contribution < -0.4 is 10.6 Å². The molecule has 2 N–H and O–H groups in total. The summed E-state index contributed by atoms with van der Waals surface area (Å²) in [6, 6.07) is 0.669. The second-order valence-electron chi connectivity index (χ2n) is 7.95. The van der Waals surface area contributed by atoms with Gasteiger partial charge in [-0.1, -0.05) is 34.1 Å². The molecule has 0 aromatic rings. The molecule has 1 aliphatic rings. The van der Waals surface area contributed by atoms with Crippen LogP contribution in [0.25, 0.3) is 0 Å². The Balaban J connectivity index is 2.35. The Kier molecular flexibility index (Phi) is 5.67. The Hall–Kier alpha value is -0.0800. The van der Waals surface area contributed by atoms with Gasteiger partial charge in [0.25, 0.3) is 0 Å². The quantitative estimate of drug-likeness (QED) is 0.784. The molecule has 0 aromatic heterocycles. The lowest BCUT2D eigenvalue weighted by molar-refractivity contribution is 0.218. The summed E-state index contributed by atoms with van der Waals surface area (Å²) in [6.45, 7) is 16.3. The van der Waals surface area contributed by atoms with Crippen LogP contribution >= 0.6 is 0 Å². The minimum atomic E-state index is 0.235. The Morgan fingerprint density at radius 2 is 1.83 bits per heavy atom. The lowest BCUT2D eigenvalue weighted by atomic mass is 9.81. The summed E-state index contributed by atoms with van der Waals surface area (Å²) < 4.78 is 0. The Labute approximate surface area is 114 Å². The summed E-state index contributed by atoms with van der Waals surface area (Å²) in [5.41, 5.74) is 0.627. The molecule has 0 aromatic carbocycles. The van der Waals surface area contributed by atoms with Gasteiger partial charge in [-0.25, -0.2) is 0 Å². The van der Waals surface area contributed by atoms with Crippen LogP contribution in [0, 0.1) is 11.3 Å². The fraction of sp³-hybridized carbons (Fsp3) is 1.00. The van der Waals surface area contributed by atoms with Crippen molar-refractivity contribution in [1.29, 1.82) is 0 Å². The zero-order chi connectivity index (χ0) is 13.8. The maximum atomic E-state index is 3.77. The standard InChI is InChI=1S/C16H34N2/c1-7-13-8-9-17-14(10-13)11-18-16(5,6)12-15(2,3)4/h13-14,17-18H,7-12H2,1-6H3. The van der Waals surface area contributed by atoms with Gasteiger partial charge in [-0.05, 0) is 51.0 Å². The molecule has 0 radical (unpaired) electrons. The molecule has 0 aliphatic carbocycles. The average molecular weight is 254 g/mol. The molecule has 108 valence electrons. The Bertz CT molecular complexity index is 240. The highest BCUT2D eigenvalue weighted by atomic mass is 15.0. The normalized spacial score (nSPS) is 26.3. The number of hydrogen-bond acceptors (Lipinski definition) is 2. The van der Waals surface area contributed by atoms with Gasteiger partial charge in [-0.15, -0.1) is 0 Å². The van der Waals surface area contributed by atoms with E-state index in [0.717, 1.165) is 12.5 Å². The zero-order valence-corrected chi connectivity index (χ0v) is 13.4. The number of nitrogens with one attached hydrogen (secondary N) is 2. The van der Waals surface area contributed by atoms with Crippen molar-refractivity contribution in [3.05, 3.63) is 0 Å². The van der Waals surface area contributed by atoms with Gasteiger partial charge in [-0.2, -0.15) is 0 Å². The van der Waals surface area contributed by atoms with E-state index >= 15 is 0 Å². The third-order valence-corrected chi connectivity index (χ3v) is 3.98. The predicted octanol–water partition coefficient (Wildman–Crippen LogP) is 3.57. The minimum Gasteiger partial charge on any atom is -0.313 e. The summed E-state index contributed by atoms with van der Waals surface area (Å²) in [6.07, 6.45) is 5.25. The topological polar surface area (TPSA) is 24.1 Å². The van der Waals surface area contributed by atoms with Crippen LogP contribution in [-0.2, 0) is 0 Å². The van der Waals surface area contributed by atoms with E-state index in [2.05, 4.69) is 52.2 Å². The lowest BCUT2D eigenvalue weighted by Crippen LogP contribution is -2.51. The van der Waals surface area contributed by atoms with Gasteiger partial charge in [0, 0.05) is 18.1 Å². The molecule has 1 heterocycles. The van der Waals surface area contributed by atoms with E-state index in [0.29, 0.717) is 11.5 Å². The van der Waals surface area contributed by atoms with Gasteiger partial charge >= 0.3 is 0 Å². The average Bonchev–Trinajstić information content (AvgIpc) is 2.24. The highest BCUT2D eigenvalue weighted by molar-refractivity contribution is 4.87. The molecule has 0 saturated carbocycles. The fourth-order valence-corrected chi connectivity index (χ4v) is 3.41. The number of piperidine rings is 1. The molecular formula is C16H34N2. The summed E-state index contributed by atoms with van der Waals surface area (Å²) in [7, 11) is 0. The van der Waals surface area contributed by atoms with E-state index in [9.17, 15) is 0 Å². The molecule has 2 nitrogen and oxygen atoms in total. The molecule has 2 atom stereocenters. The first kappa shape index (κ1) is 16.0. The third kappa shape index (κ3) is 6.19. The number of rotatable bonds is 5. The van der Waals surface area contributed by atoms with Crippen LogP contribution in [0.15, 0.2) is 0 Å². The van der Waals surface area contributed by atoms with Gasteiger partial charge in [0.05, 0.1) is 0 Å². The van der Waals surface area contributed by atoms with Crippen LogP contribution in [0.5, 0.6) is 0 Å². The largest absolute Gasteiger partial charge is 0.313 e. The SMILES string of the molecule is CCC1CCNC(CNC(C)(C)CC(C)(C)C)C1. The zero-order valence-electron chi connectivity index (χ0n) is 13.4. The minimum absolute atomic E-state index is 0.235. The van der Waals surface area contributed by atoms with E-state index in [4.69, 9.17) is 0 Å². The van der Waals surface area contributed by atoms with Crippen molar-refractivity contribution in [2.45, 2.75) is 78.8 Å². The van der Waals surface area contributed by atoms with Crippen LogP contribution in [0.3, 0.4) is 0 Å². The molecular weight excluding hydrogens is 220 g/mol.